The average molecular weight is 182 g/mol. The van der Waals surface area contributed by atoms with E-state index in [-0.39, 0.29) is 11.3 Å². The minimum Gasteiger partial charge on any atom is -0.465 e. The van der Waals surface area contributed by atoms with Gasteiger partial charge in [0.15, 0.2) is 0 Å². The van der Waals surface area contributed by atoms with E-state index in [1.807, 2.05) is 0 Å². The summed E-state index contributed by atoms with van der Waals surface area (Å²) in [6, 6.07) is 1.47. The average Bonchev–Trinajstić information content (AvgIpc) is 2.10. The second-order valence-electron chi connectivity index (χ2n) is 2.60. The Morgan fingerprint density at radius 2 is 2.23 bits per heavy atom. The lowest BCUT2D eigenvalue weighted by Gasteiger charge is -2.03. The van der Waals surface area contributed by atoms with Gasteiger partial charge in [0.05, 0.1) is 12.7 Å². The highest BCUT2D eigenvalue weighted by Gasteiger charge is 2.12. The van der Waals surface area contributed by atoms with Crippen LogP contribution in [0.2, 0.25) is 0 Å². The van der Waals surface area contributed by atoms with Gasteiger partial charge in [0, 0.05) is 5.69 Å². The van der Waals surface area contributed by atoms with Crippen molar-refractivity contribution in [2.75, 3.05) is 12.8 Å². The lowest BCUT2D eigenvalue weighted by atomic mass is 10.2. The van der Waals surface area contributed by atoms with E-state index in [0.29, 0.717) is 5.69 Å². The zero-order valence-corrected chi connectivity index (χ0v) is 7.38. The maximum atomic E-state index is 11.1. The summed E-state index contributed by atoms with van der Waals surface area (Å²) in [5.41, 5.74) is 5.47. The van der Waals surface area contributed by atoms with Crippen LogP contribution in [0.3, 0.4) is 0 Å². The van der Waals surface area contributed by atoms with Gasteiger partial charge in [-0.15, -0.1) is 0 Å². The third-order valence-corrected chi connectivity index (χ3v) is 1.61. The number of carbonyl (C=O) groups is 1. The number of anilines is 1. The zero-order valence-electron chi connectivity index (χ0n) is 7.38. The van der Waals surface area contributed by atoms with Gasteiger partial charge in [-0.2, -0.15) is 0 Å². The van der Waals surface area contributed by atoms with Crippen LogP contribution in [0.15, 0.2) is 10.9 Å². The first-order valence-corrected chi connectivity index (χ1v) is 3.64. The highest BCUT2D eigenvalue weighted by atomic mass is 16.5. The SMILES string of the molecule is COC(=O)c1cc(C)[nH]c(=O)c1N. The predicted octanol–water partition coefficient (Wildman–Crippen LogP) is 0.0521. The summed E-state index contributed by atoms with van der Waals surface area (Å²) in [6.45, 7) is 1.66. The summed E-state index contributed by atoms with van der Waals surface area (Å²) in [6.07, 6.45) is 0. The molecule has 13 heavy (non-hydrogen) atoms. The fraction of sp³-hybridized carbons (Fsp3) is 0.250. The van der Waals surface area contributed by atoms with E-state index in [9.17, 15) is 9.59 Å². The number of nitrogens with one attached hydrogen (secondary N) is 1. The van der Waals surface area contributed by atoms with Crippen molar-refractivity contribution in [3.8, 4) is 0 Å². The molecule has 0 unspecified atom stereocenters. The molecule has 0 aliphatic heterocycles. The largest absolute Gasteiger partial charge is 0.465 e. The van der Waals surface area contributed by atoms with Crippen LogP contribution in [-0.4, -0.2) is 18.1 Å². The van der Waals surface area contributed by atoms with Crippen LogP contribution in [0.5, 0.6) is 0 Å². The van der Waals surface area contributed by atoms with Crippen molar-refractivity contribution in [2.45, 2.75) is 6.92 Å². The number of aromatic nitrogens is 1. The van der Waals surface area contributed by atoms with Gasteiger partial charge in [-0.05, 0) is 13.0 Å². The first-order chi connectivity index (χ1) is 6.06. The van der Waals surface area contributed by atoms with Gasteiger partial charge in [0.25, 0.3) is 5.56 Å². The highest BCUT2D eigenvalue weighted by molar-refractivity contribution is 5.94. The second kappa shape index (κ2) is 3.30. The minimum absolute atomic E-state index is 0.101. The van der Waals surface area contributed by atoms with Gasteiger partial charge in [-0.1, -0.05) is 0 Å². The molecule has 0 aromatic carbocycles. The number of nitrogens with two attached hydrogens (primary N) is 1. The molecule has 3 N–H and O–H groups in total. The van der Waals surface area contributed by atoms with Crippen LogP contribution < -0.4 is 11.3 Å². The number of hydrogen-bond donors (Lipinski definition) is 2. The van der Waals surface area contributed by atoms with Crippen molar-refractivity contribution in [1.29, 1.82) is 0 Å². The number of nitrogen functional groups attached to an aromatic ring is 1. The molecule has 1 aromatic heterocycles. The Morgan fingerprint density at radius 3 is 2.77 bits per heavy atom. The monoisotopic (exact) mass is 182 g/mol. The summed E-state index contributed by atoms with van der Waals surface area (Å²) in [5.74, 6) is -0.605. The number of rotatable bonds is 1. The molecule has 0 amide bonds. The summed E-state index contributed by atoms with van der Waals surface area (Å²) in [5, 5.41) is 0. The predicted molar refractivity (Wildman–Crippen MR) is 47.6 cm³/mol. The fourth-order valence-electron chi connectivity index (χ4n) is 0.978. The molecule has 0 aliphatic carbocycles. The Kier molecular flexibility index (Phi) is 2.36. The normalized spacial score (nSPS) is 9.69. The van der Waals surface area contributed by atoms with Gasteiger partial charge in [0.1, 0.15) is 5.69 Å². The molecule has 0 bridgehead atoms. The van der Waals surface area contributed by atoms with E-state index in [1.165, 1.54) is 13.2 Å². The number of methoxy groups -OCH3 is 1. The first-order valence-electron chi connectivity index (χ1n) is 3.64. The third-order valence-electron chi connectivity index (χ3n) is 1.61. The standard InChI is InChI=1S/C8H10N2O3/c1-4-3-5(8(12)13-2)6(9)7(11)10-4/h3H,9H2,1-2H3,(H,10,11). The van der Waals surface area contributed by atoms with E-state index in [1.54, 1.807) is 6.92 Å². The fourth-order valence-corrected chi connectivity index (χ4v) is 0.978. The molecule has 0 saturated carbocycles. The van der Waals surface area contributed by atoms with E-state index < -0.39 is 11.5 Å². The minimum atomic E-state index is -0.605. The number of carbonyl (C=O) groups excluding carboxylic acids is 1. The van der Waals surface area contributed by atoms with Crippen molar-refractivity contribution >= 4 is 11.7 Å². The van der Waals surface area contributed by atoms with Crippen LogP contribution in [0, 0.1) is 6.92 Å². The molecule has 70 valence electrons. The quantitative estimate of drug-likeness (QED) is 0.601. The molecule has 0 fully saturated rings. The Labute approximate surface area is 74.5 Å². The van der Waals surface area contributed by atoms with Crippen LogP contribution in [0.4, 0.5) is 5.69 Å². The number of pyridine rings is 1. The zero-order chi connectivity index (χ0) is 10.0. The van der Waals surface area contributed by atoms with Crippen molar-refractivity contribution in [3.63, 3.8) is 0 Å². The summed E-state index contributed by atoms with van der Waals surface area (Å²) in [4.78, 5) is 24.6. The highest BCUT2D eigenvalue weighted by Crippen LogP contribution is 2.07. The van der Waals surface area contributed by atoms with Crippen molar-refractivity contribution in [2.24, 2.45) is 0 Å². The molecule has 1 rings (SSSR count). The molecular weight excluding hydrogens is 172 g/mol. The third kappa shape index (κ3) is 1.69. The first kappa shape index (κ1) is 9.31. The molecule has 0 radical (unpaired) electrons. The van der Waals surface area contributed by atoms with Gasteiger partial charge < -0.3 is 15.5 Å². The van der Waals surface area contributed by atoms with Crippen LogP contribution in [0.25, 0.3) is 0 Å². The molecule has 0 atom stereocenters. The topological polar surface area (TPSA) is 85.2 Å². The van der Waals surface area contributed by atoms with E-state index in [4.69, 9.17) is 5.73 Å². The van der Waals surface area contributed by atoms with Gasteiger partial charge in [-0.25, -0.2) is 4.79 Å². The Balaban J connectivity index is 3.37. The van der Waals surface area contributed by atoms with Gasteiger partial charge in [0.2, 0.25) is 0 Å². The number of H-pyrrole nitrogens is 1. The number of hydrogen-bond acceptors (Lipinski definition) is 4. The lowest BCUT2D eigenvalue weighted by molar-refractivity contribution is 0.0601. The Bertz CT molecular complexity index is 395. The van der Waals surface area contributed by atoms with Crippen molar-refractivity contribution in [1.82, 2.24) is 4.98 Å². The van der Waals surface area contributed by atoms with Crippen LogP contribution in [-0.2, 0) is 4.74 Å². The molecule has 1 heterocycles. The number of aryl methyl sites for hydroxylation is 1. The molecule has 5 heteroatoms. The summed E-state index contributed by atoms with van der Waals surface area (Å²) in [7, 11) is 1.23. The molecule has 1 aromatic rings. The maximum Gasteiger partial charge on any atom is 0.340 e. The van der Waals surface area contributed by atoms with Gasteiger partial charge in [-0.3, -0.25) is 4.79 Å². The Morgan fingerprint density at radius 1 is 1.62 bits per heavy atom. The lowest BCUT2D eigenvalue weighted by Crippen LogP contribution is -2.18. The molecular formula is C8H10N2O3. The number of aromatic amines is 1. The Hall–Kier alpha value is -1.78. The van der Waals surface area contributed by atoms with Crippen LogP contribution >= 0.6 is 0 Å². The van der Waals surface area contributed by atoms with Crippen molar-refractivity contribution < 1.29 is 9.53 Å². The van der Waals surface area contributed by atoms with E-state index in [0.717, 1.165) is 0 Å². The van der Waals surface area contributed by atoms with Crippen LogP contribution in [0.1, 0.15) is 16.1 Å². The maximum absolute atomic E-state index is 11.1. The van der Waals surface area contributed by atoms with E-state index in [2.05, 4.69) is 9.72 Å². The summed E-state index contributed by atoms with van der Waals surface area (Å²) >= 11 is 0. The number of esters is 1. The summed E-state index contributed by atoms with van der Waals surface area (Å²) < 4.78 is 4.46. The van der Waals surface area contributed by atoms with Crippen molar-refractivity contribution in [3.05, 3.63) is 27.7 Å². The molecule has 0 spiro atoms. The van der Waals surface area contributed by atoms with E-state index >= 15 is 0 Å². The molecule has 0 saturated heterocycles. The smallest absolute Gasteiger partial charge is 0.340 e. The number of ether oxygens (including phenoxy) is 1. The molecule has 0 aliphatic rings. The second-order valence-corrected chi connectivity index (χ2v) is 2.60. The van der Waals surface area contributed by atoms with Gasteiger partial charge >= 0.3 is 5.97 Å². The molecule has 5 nitrogen and oxygen atoms in total.